The van der Waals surface area contributed by atoms with Crippen molar-refractivity contribution in [3.63, 3.8) is 0 Å². The van der Waals surface area contributed by atoms with E-state index < -0.39 is 32.2 Å². The summed E-state index contributed by atoms with van der Waals surface area (Å²) in [6.07, 6.45) is 0.604. The zero-order valence-corrected chi connectivity index (χ0v) is 12.0. The smallest absolute Gasteiger partial charge is 0.264 e. The summed E-state index contributed by atoms with van der Waals surface area (Å²) in [5.41, 5.74) is 5.98. The molecule has 4 nitrogen and oxygen atoms in total. The highest BCUT2D eigenvalue weighted by molar-refractivity contribution is 7.92. The van der Waals surface area contributed by atoms with E-state index in [1.54, 1.807) is 24.3 Å². The van der Waals surface area contributed by atoms with E-state index in [2.05, 4.69) is 4.72 Å². The maximum absolute atomic E-state index is 13.7. The minimum absolute atomic E-state index is 0.349. The fourth-order valence-electron chi connectivity index (χ4n) is 1.88. The third-order valence-electron chi connectivity index (χ3n) is 2.98. The number of sulfonamides is 1. The summed E-state index contributed by atoms with van der Waals surface area (Å²) in [6.45, 7) is 1.86. The van der Waals surface area contributed by atoms with Crippen LogP contribution >= 0.6 is 0 Å². The highest BCUT2D eigenvalue weighted by Gasteiger charge is 2.22. The second kappa shape index (κ2) is 5.69. The molecule has 21 heavy (non-hydrogen) atoms. The predicted octanol–water partition coefficient (Wildman–Crippen LogP) is 2.91. The first-order valence-corrected chi connectivity index (χ1v) is 7.68. The van der Waals surface area contributed by atoms with Crippen LogP contribution in [-0.4, -0.2) is 8.42 Å². The monoisotopic (exact) mass is 312 g/mol. The number of aryl methyl sites for hydroxylation is 1. The van der Waals surface area contributed by atoms with Crippen molar-refractivity contribution in [2.75, 3.05) is 10.5 Å². The molecule has 0 saturated carbocycles. The van der Waals surface area contributed by atoms with Gasteiger partial charge in [0.2, 0.25) is 0 Å². The van der Waals surface area contributed by atoms with Gasteiger partial charge in [0.1, 0.15) is 16.5 Å². The number of benzene rings is 2. The third kappa shape index (κ3) is 3.13. The molecule has 0 aromatic heterocycles. The molecule has 0 aliphatic rings. The lowest BCUT2D eigenvalue weighted by molar-refractivity contribution is 0.553. The van der Waals surface area contributed by atoms with E-state index in [0.29, 0.717) is 18.2 Å². The first-order valence-electron chi connectivity index (χ1n) is 6.20. The molecule has 0 radical (unpaired) electrons. The Hall–Kier alpha value is -2.15. The van der Waals surface area contributed by atoms with Crippen molar-refractivity contribution < 1.29 is 17.2 Å². The number of halogens is 2. The molecule has 0 atom stereocenters. The average Bonchev–Trinajstić information content (AvgIpc) is 2.43. The normalized spacial score (nSPS) is 11.4. The van der Waals surface area contributed by atoms with Crippen molar-refractivity contribution >= 4 is 21.4 Å². The van der Waals surface area contributed by atoms with Gasteiger partial charge < -0.3 is 5.73 Å². The maximum Gasteiger partial charge on any atom is 0.264 e. The van der Waals surface area contributed by atoms with E-state index in [4.69, 9.17) is 5.73 Å². The summed E-state index contributed by atoms with van der Waals surface area (Å²) in [7, 11) is -4.19. The van der Waals surface area contributed by atoms with Crippen LogP contribution in [0.3, 0.4) is 0 Å². The Kier molecular flexibility index (Phi) is 4.13. The van der Waals surface area contributed by atoms with E-state index in [9.17, 15) is 17.2 Å². The number of hydrogen-bond acceptors (Lipinski definition) is 3. The fraction of sp³-hybridized carbons (Fsp3) is 0.143. The van der Waals surface area contributed by atoms with Gasteiger partial charge in [-0.25, -0.2) is 17.2 Å². The number of nitrogens with one attached hydrogen (secondary N) is 1. The Balaban J connectivity index is 2.46. The number of nitrogens with two attached hydrogens (primary N) is 1. The number of rotatable bonds is 4. The van der Waals surface area contributed by atoms with E-state index in [1.165, 1.54) is 0 Å². The minimum Gasteiger partial charge on any atom is -0.396 e. The molecule has 112 valence electrons. The van der Waals surface area contributed by atoms with Gasteiger partial charge in [-0.3, -0.25) is 4.72 Å². The van der Waals surface area contributed by atoms with E-state index in [1.807, 2.05) is 6.92 Å². The van der Waals surface area contributed by atoms with Gasteiger partial charge in [0, 0.05) is 6.07 Å². The van der Waals surface area contributed by atoms with E-state index in [0.717, 1.165) is 11.6 Å². The average molecular weight is 312 g/mol. The van der Waals surface area contributed by atoms with Gasteiger partial charge in [-0.05, 0) is 24.1 Å². The predicted molar refractivity (Wildman–Crippen MR) is 77.4 cm³/mol. The molecular formula is C14H14F2N2O2S. The van der Waals surface area contributed by atoms with Gasteiger partial charge in [-0.15, -0.1) is 0 Å². The van der Waals surface area contributed by atoms with Gasteiger partial charge in [0.15, 0.2) is 0 Å². The van der Waals surface area contributed by atoms with Crippen LogP contribution in [0, 0.1) is 11.6 Å². The van der Waals surface area contributed by atoms with Crippen molar-refractivity contribution in [3.8, 4) is 0 Å². The summed E-state index contributed by atoms with van der Waals surface area (Å²) in [5, 5.41) is 0. The van der Waals surface area contributed by atoms with Gasteiger partial charge in [-0.2, -0.15) is 0 Å². The zero-order valence-electron chi connectivity index (χ0n) is 11.2. The van der Waals surface area contributed by atoms with Crippen LogP contribution < -0.4 is 10.5 Å². The van der Waals surface area contributed by atoms with Gasteiger partial charge >= 0.3 is 0 Å². The first kappa shape index (κ1) is 15.2. The third-order valence-corrected chi connectivity index (χ3v) is 4.36. The van der Waals surface area contributed by atoms with Gasteiger partial charge in [-0.1, -0.05) is 25.1 Å². The highest BCUT2D eigenvalue weighted by Crippen LogP contribution is 2.25. The summed E-state index contributed by atoms with van der Waals surface area (Å²) >= 11 is 0. The molecule has 0 heterocycles. The Labute approximate surface area is 121 Å². The first-order chi connectivity index (χ1) is 9.85. The molecule has 2 aromatic rings. The summed E-state index contributed by atoms with van der Waals surface area (Å²) in [4.78, 5) is -0.688. The largest absolute Gasteiger partial charge is 0.396 e. The topological polar surface area (TPSA) is 72.2 Å². The molecule has 7 heteroatoms. The fourth-order valence-corrected chi connectivity index (χ4v) is 3.08. The molecular weight excluding hydrogens is 298 g/mol. The molecule has 0 aliphatic carbocycles. The second-order valence-corrected chi connectivity index (χ2v) is 6.07. The van der Waals surface area contributed by atoms with Crippen LogP contribution in [0.4, 0.5) is 20.2 Å². The standard InChI is InChI=1S/C14H14F2N2O2S/c1-2-9-5-3-4-6-13(9)18-21(19,20)14-8-12(17)10(15)7-11(14)16/h3-8,18H,2,17H2,1H3. The lowest BCUT2D eigenvalue weighted by Gasteiger charge is -2.12. The van der Waals surface area contributed by atoms with E-state index in [-0.39, 0.29) is 0 Å². The van der Waals surface area contributed by atoms with Gasteiger partial charge in [0.25, 0.3) is 10.0 Å². The van der Waals surface area contributed by atoms with Crippen LogP contribution in [0.25, 0.3) is 0 Å². The Morgan fingerprint density at radius 1 is 1.14 bits per heavy atom. The van der Waals surface area contributed by atoms with Crippen LogP contribution in [0.15, 0.2) is 41.3 Å². The van der Waals surface area contributed by atoms with Crippen LogP contribution in [0.5, 0.6) is 0 Å². The number of nitrogen functional groups attached to an aromatic ring is 1. The quantitative estimate of drug-likeness (QED) is 0.853. The number of hydrogen-bond donors (Lipinski definition) is 2. The van der Waals surface area contributed by atoms with Crippen molar-refractivity contribution in [3.05, 3.63) is 53.6 Å². The molecule has 3 N–H and O–H groups in total. The van der Waals surface area contributed by atoms with Crippen LogP contribution in [0.2, 0.25) is 0 Å². The Morgan fingerprint density at radius 2 is 1.81 bits per heavy atom. The van der Waals surface area contributed by atoms with Gasteiger partial charge in [0.05, 0.1) is 11.4 Å². The van der Waals surface area contributed by atoms with Crippen molar-refractivity contribution in [2.24, 2.45) is 0 Å². The summed E-state index contributed by atoms with van der Waals surface area (Å²) < 4.78 is 53.6. The zero-order chi connectivity index (χ0) is 15.6. The molecule has 0 spiro atoms. The van der Waals surface area contributed by atoms with Crippen molar-refractivity contribution in [1.82, 2.24) is 0 Å². The number of para-hydroxylation sites is 1. The number of anilines is 2. The molecule has 0 fully saturated rings. The molecule has 2 rings (SSSR count). The molecule has 0 saturated heterocycles. The highest BCUT2D eigenvalue weighted by atomic mass is 32.2. The summed E-state index contributed by atoms with van der Waals surface area (Å²) in [6, 6.07) is 7.98. The lowest BCUT2D eigenvalue weighted by atomic mass is 10.1. The molecule has 0 amide bonds. The molecule has 0 bridgehead atoms. The van der Waals surface area contributed by atoms with Crippen molar-refractivity contribution in [2.45, 2.75) is 18.2 Å². The van der Waals surface area contributed by atoms with Crippen molar-refractivity contribution in [1.29, 1.82) is 0 Å². The Morgan fingerprint density at radius 3 is 2.48 bits per heavy atom. The second-order valence-electron chi connectivity index (χ2n) is 4.42. The lowest BCUT2D eigenvalue weighted by Crippen LogP contribution is -2.16. The minimum atomic E-state index is -4.19. The van der Waals surface area contributed by atoms with Crippen LogP contribution in [0.1, 0.15) is 12.5 Å². The molecule has 0 unspecified atom stereocenters. The molecule has 2 aromatic carbocycles. The van der Waals surface area contributed by atoms with Crippen LogP contribution in [-0.2, 0) is 16.4 Å². The maximum atomic E-state index is 13.7. The summed E-state index contributed by atoms with van der Waals surface area (Å²) in [5.74, 6) is -2.19. The molecule has 0 aliphatic heterocycles. The van der Waals surface area contributed by atoms with E-state index >= 15 is 0 Å². The Bertz CT molecular complexity index is 777. The SMILES string of the molecule is CCc1ccccc1NS(=O)(=O)c1cc(N)c(F)cc1F.